The predicted molar refractivity (Wildman–Crippen MR) is 68.2 cm³/mol. The lowest BCUT2D eigenvalue weighted by Gasteiger charge is -2.05. The molecule has 0 aromatic carbocycles. The Bertz CT molecular complexity index is 713. The highest BCUT2D eigenvalue weighted by Gasteiger charge is 2.20. The standard InChI is InChI=1S/C11H11N5O3S/c1-3-20(17,18)11-8(2)14-7-10(15-11)9(6-13)16-19-5-4-12/h7H,3,5H2,1-2H3/b16-9+. The van der Waals surface area contributed by atoms with Crippen LogP contribution in [-0.2, 0) is 14.7 Å². The highest BCUT2D eigenvalue weighted by Crippen LogP contribution is 2.12. The zero-order valence-electron chi connectivity index (χ0n) is 10.9. The molecule has 1 aromatic rings. The second-order valence-corrected chi connectivity index (χ2v) is 5.73. The van der Waals surface area contributed by atoms with Gasteiger partial charge in [0, 0.05) is 0 Å². The maximum atomic E-state index is 11.8. The summed E-state index contributed by atoms with van der Waals surface area (Å²) in [5.74, 6) is -0.129. The Morgan fingerprint density at radius 3 is 2.75 bits per heavy atom. The van der Waals surface area contributed by atoms with Gasteiger partial charge in [0.05, 0.1) is 17.6 Å². The van der Waals surface area contributed by atoms with Gasteiger partial charge >= 0.3 is 0 Å². The van der Waals surface area contributed by atoms with Gasteiger partial charge in [-0.1, -0.05) is 12.1 Å². The van der Waals surface area contributed by atoms with E-state index in [1.165, 1.54) is 20.0 Å². The average Bonchev–Trinajstić information content (AvgIpc) is 2.44. The molecular formula is C11H11N5O3S. The summed E-state index contributed by atoms with van der Waals surface area (Å²) in [6.45, 7) is 2.66. The first-order chi connectivity index (χ1) is 9.46. The van der Waals surface area contributed by atoms with Gasteiger partial charge in [0.15, 0.2) is 14.9 Å². The molecule has 0 aliphatic heterocycles. The Kier molecular flexibility index (Phi) is 5.12. The summed E-state index contributed by atoms with van der Waals surface area (Å²) >= 11 is 0. The molecule has 1 rings (SSSR count). The van der Waals surface area contributed by atoms with Crippen molar-refractivity contribution in [3.63, 3.8) is 0 Å². The predicted octanol–water partition coefficient (Wildman–Crippen LogP) is 0.346. The van der Waals surface area contributed by atoms with Crippen LogP contribution in [0.25, 0.3) is 0 Å². The molecule has 0 amide bonds. The first kappa shape index (κ1) is 15.5. The lowest BCUT2D eigenvalue weighted by atomic mass is 10.3. The van der Waals surface area contributed by atoms with E-state index in [0.29, 0.717) is 0 Å². The molecule has 104 valence electrons. The van der Waals surface area contributed by atoms with Crippen LogP contribution in [0.3, 0.4) is 0 Å². The van der Waals surface area contributed by atoms with E-state index in [4.69, 9.17) is 10.5 Å². The normalized spacial score (nSPS) is 11.5. The first-order valence-electron chi connectivity index (χ1n) is 5.50. The van der Waals surface area contributed by atoms with Crippen LogP contribution in [0.1, 0.15) is 18.3 Å². The van der Waals surface area contributed by atoms with Gasteiger partial charge in [-0.15, -0.1) is 0 Å². The molecule has 0 bridgehead atoms. The Labute approximate surface area is 116 Å². The Hall–Kier alpha value is -2.52. The van der Waals surface area contributed by atoms with Gasteiger partial charge in [0.2, 0.25) is 12.3 Å². The van der Waals surface area contributed by atoms with Crippen LogP contribution < -0.4 is 0 Å². The maximum Gasteiger partial charge on any atom is 0.206 e. The second-order valence-electron chi connectivity index (χ2n) is 3.53. The van der Waals surface area contributed by atoms with E-state index in [9.17, 15) is 8.42 Å². The molecule has 20 heavy (non-hydrogen) atoms. The summed E-state index contributed by atoms with van der Waals surface area (Å²) in [4.78, 5) is 12.4. The van der Waals surface area contributed by atoms with Crippen LogP contribution >= 0.6 is 0 Å². The highest BCUT2D eigenvalue weighted by molar-refractivity contribution is 7.91. The van der Waals surface area contributed by atoms with E-state index in [1.807, 2.05) is 0 Å². The Balaban J connectivity index is 3.29. The number of oxime groups is 1. The van der Waals surface area contributed by atoms with Crippen molar-refractivity contribution < 1.29 is 13.3 Å². The molecule has 1 heterocycles. The third-order valence-corrected chi connectivity index (χ3v) is 3.96. The van der Waals surface area contributed by atoms with E-state index >= 15 is 0 Å². The molecule has 9 heteroatoms. The SMILES string of the molecule is CCS(=O)(=O)c1nc(/C(C#N)=N/OCC#N)cnc1C. The summed E-state index contributed by atoms with van der Waals surface area (Å²) < 4.78 is 23.7. The van der Waals surface area contributed by atoms with Gasteiger partial charge in [0.1, 0.15) is 17.8 Å². The van der Waals surface area contributed by atoms with E-state index in [1.54, 1.807) is 12.1 Å². The van der Waals surface area contributed by atoms with Gasteiger partial charge in [-0.3, -0.25) is 4.98 Å². The molecule has 0 atom stereocenters. The minimum Gasteiger partial charge on any atom is -0.379 e. The van der Waals surface area contributed by atoms with Gasteiger partial charge in [-0.2, -0.15) is 10.5 Å². The minimum atomic E-state index is -3.55. The van der Waals surface area contributed by atoms with Crippen LogP contribution in [0.5, 0.6) is 0 Å². The Morgan fingerprint density at radius 2 is 2.20 bits per heavy atom. The Morgan fingerprint density at radius 1 is 1.50 bits per heavy atom. The van der Waals surface area contributed by atoms with Crippen molar-refractivity contribution in [2.75, 3.05) is 12.4 Å². The van der Waals surface area contributed by atoms with Gasteiger partial charge in [-0.25, -0.2) is 13.4 Å². The third kappa shape index (κ3) is 3.49. The quantitative estimate of drug-likeness (QED) is 0.435. The second kappa shape index (κ2) is 6.59. The number of nitrogens with zero attached hydrogens (tertiary/aromatic N) is 5. The average molecular weight is 293 g/mol. The lowest BCUT2D eigenvalue weighted by Crippen LogP contribution is -2.13. The van der Waals surface area contributed by atoms with Crippen molar-refractivity contribution in [3.8, 4) is 12.1 Å². The van der Waals surface area contributed by atoms with Crippen LogP contribution in [0, 0.1) is 29.6 Å². The van der Waals surface area contributed by atoms with Crippen LogP contribution in [0.15, 0.2) is 16.4 Å². The fourth-order valence-electron chi connectivity index (χ4n) is 1.23. The largest absolute Gasteiger partial charge is 0.379 e. The van der Waals surface area contributed by atoms with E-state index in [-0.39, 0.29) is 34.5 Å². The number of sulfone groups is 1. The summed E-state index contributed by atoms with van der Waals surface area (Å²) in [6, 6.07) is 3.39. The molecule has 0 radical (unpaired) electrons. The molecule has 0 spiro atoms. The summed E-state index contributed by atoms with van der Waals surface area (Å²) in [5, 5.41) is 20.5. The smallest absolute Gasteiger partial charge is 0.206 e. The number of aryl methyl sites for hydroxylation is 1. The number of hydrogen-bond donors (Lipinski definition) is 0. The van der Waals surface area contributed by atoms with Crippen LogP contribution in [0.2, 0.25) is 0 Å². The highest BCUT2D eigenvalue weighted by atomic mass is 32.2. The van der Waals surface area contributed by atoms with Crippen LogP contribution in [0.4, 0.5) is 0 Å². The van der Waals surface area contributed by atoms with Crippen LogP contribution in [-0.4, -0.2) is 36.5 Å². The minimum absolute atomic E-state index is 0.0249. The fourth-order valence-corrected chi connectivity index (χ4v) is 2.24. The van der Waals surface area contributed by atoms with Crippen molar-refractivity contribution >= 4 is 15.5 Å². The molecule has 0 saturated heterocycles. The van der Waals surface area contributed by atoms with E-state index < -0.39 is 9.84 Å². The number of rotatable bonds is 5. The monoisotopic (exact) mass is 293 g/mol. The first-order valence-corrected chi connectivity index (χ1v) is 7.15. The number of hydrogen-bond acceptors (Lipinski definition) is 8. The molecule has 0 saturated carbocycles. The molecular weight excluding hydrogens is 282 g/mol. The van der Waals surface area contributed by atoms with Gasteiger partial charge in [0.25, 0.3) is 0 Å². The fraction of sp³-hybridized carbons (Fsp3) is 0.364. The van der Waals surface area contributed by atoms with Gasteiger partial charge in [-0.05, 0) is 6.92 Å². The molecule has 0 fully saturated rings. The summed E-state index contributed by atoms with van der Waals surface area (Å²) in [7, 11) is -3.55. The van der Waals surface area contributed by atoms with Gasteiger partial charge < -0.3 is 4.84 Å². The molecule has 0 unspecified atom stereocenters. The van der Waals surface area contributed by atoms with Crippen molar-refractivity contribution in [2.24, 2.45) is 5.16 Å². The molecule has 0 aliphatic rings. The molecule has 1 aromatic heterocycles. The van der Waals surface area contributed by atoms with Crippen molar-refractivity contribution in [2.45, 2.75) is 18.9 Å². The van der Waals surface area contributed by atoms with Crippen molar-refractivity contribution in [3.05, 3.63) is 17.6 Å². The van der Waals surface area contributed by atoms with E-state index in [0.717, 1.165) is 0 Å². The van der Waals surface area contributed by atoms with Crippen molar-refractivity contribution in [1.29, 1.82) is 10.5 Å². The zero-order valence-corrected chi connectivity index (χ0v) is 11.7. The topological polar surface area (TPSA) is 129 Å². The summed E-state index contributed by atoms with van der Waals surface area (Å²) in [5.41, 5.74) is -0.0331. The zero-order chi connectivity index (χ0) is 15.2. The molecule has 0 N–H and O–H groups in total. The maximum absolute atomic E-state index is 11.8. The van der Waals surface area contributed by atoms with Crippen molar-refractivity contribution in [1.82, 2.24) is 9.97 Å². The molecule has 8 nitrogen and oxygen atoms in total. The van der Waals surface area contributed by atoms with E-state index in [2.05, 4.69) is 20.0 Å². The molecule has 0 aliphatic carbocycles. The lowest BCUT2D eigenvalue weighted by molar-refractivity contribution is 0.179. The number of nitriles is 2. The number of aromatic nitrogens is 2. The third-order valence-electron chi connectivity index (χ3n) is 2.22. The summed E-state index contributed by atoms with van der Waals surface area (Å²) in [6.07, 6.45) is 1.22.